The van der Waals surface area contributed by atoms with Gasteiger partial charge in [-0.15, -0.1) is 11.3 Å². The number of hydrogen-bond acceptors (Lipinski definition) is 5. The molecule has 0 N–H and O–H groups in total. The molecule has 0 bridgehead atoms. The van der Waals surface area contributed by atoms with Crippen LogP contribution in [0.5, 0.6) is 11.5 Å². The number of nitrogens with zero attached hydrogens (tertiary/aromatic N) is 2. The lowest BCUT2D eigenvalue weighted by atomic mass is 10.0. The first kappa shape index (κ1) is 14.5. The van der Waals surface area contributed by atoms with Crippen molar-refractivity contribution in [1.29, 1.82) is 0 Å². The van der Waals surface area contributed by atoms with Gasteiger partial charge in [-0.2, -0.15) is 0 Å². The van der Waals surface area contributed by atoms with Crippen LogP contribution in [0, 0.1) is 6.92 Å². The number of carbonyl (C=O) groups is 1. The Kier molecular flexibility index (Phi) is 3.69. The Balaban J connectivity index is 1.63. The third-order valence-corrected chi connectivity index (χ3v) is 5.32. The Morgan fingerprint density at radius 3 is 2.91 bits per heavy atom. The highest BCUT2D eigenvalue weighted by Gasteiger charge is 2.32. The fourth-order valence-corrected chi connectivity index (χ4v) is 4.02. The molecule has 2 aliphatic rings. The van der Waals surface area contributed by atoms with Crippen molar-refractivity contribution in [2.24, 2.45) is 0 Å². The molecule has 5 nitrogen and oxygen atoms in total. The number of fused-ring (bicyclic) bond motifs is 1. The topological polar surface area (TPSA) is 51.7 Å². The average molecular weight is 330 g/mol. The van der Waals surface area contributed by atoms with Crippen molar-refractivity contribution in [3.05, 3.63) is 39.8 Å². The Morgan fingerprint density at radius 1 is 1.30 bits per heavy atom. The molecule has 1 fully saturated rings. The molecule has 2 aliphatic heterocycles. The molecule has 120 valence electrons. The second-order valence-electron chi connectivity index (χ2n) is 5.83. The third-order valence-electron chi connectivity index (χ3n) is 4.40. The molecule has 0 aliphatic carbocycles. The average Bonchev–Trinajstić information content (AvgIpc) is 3.22. The summed E-state index contributed by atoms with van der Waals surface area (Å²) in [5.41, 5.74) is 3.66. The van der Waals surface area contributed by atoms with Gasteiger partial charge in [0.2, 0.25) is 0 Å². The lowest BCUT2D eigenvalue weighted by molar-refractivity contribution is 0.0739. The van der Waals surface area contributed by atoms with Crippen molar-refractivity contribution in [3.8, 4) is 11.5 Å². The quantitative estimate of drug-likeness (QED) is 0.848. The number of carbonyl (C=O) groups excluding carboxylic acids is 1. The predicted octanol–water partition coefficient (Wildman–Crippen LogP) is 3.20. The number of ether oxygens (including phenoxy) is 2. The minimum atomic E-state index is 0.0855. The maximum atomic E-state index is 12.8. The monoisotopic (exact) mass is 330 g/mol. The van der Waals surface area contributed by atoms with Gasteiger partial charge in [-0.05, 0) is 37.5 Å². The standard InChI is InChI=1S/C17H18N2O3S/c1-11-16(23-10-18-11)17(20)19-6-2-3-13(19)12-4-5-14-15(9-12)22-8-7-21-14/h4-5,9-10,13H,2-3,6-8H2,1H3/t13-/m0/s1. The zero-order chi connectivity index (χ0) is 15.8. The maximum absolute atomic E-state index is 12.8. The molecule has 1 amide bonds. The van der Waals surface area contributed by atoms with Gasteiger partial charge in [0.15, 0.2) is 11.5 Å². The van der Waals surface area contributed by atoms with E-state index in [9.17, 15) is 4.79 Å². The maximum Gasteiger partial charge on any atom is 0.266 e. The van der Waals surface area contributed by atoms with Gasteiger partial charge in [-0.3, -0.25) is 4.79 Å². The molecule has 6 heteroatoms. The van der Waals surface area contributed by atoms with Crippen LogP contribution in [-0.2, 0) is 0 Å². The Labute approximate surface area is 138 Å². The van der Waals surface area contributed by atoms with Gasteiger partial charge in [0, 0.05) is 6.54 Å². The smallest absolute Gasteiger partial charge is 0.266 e. The second-order valence-corrected chi connectivity index (χ2v) is 6.68. The summed E-state index contributed by atoms with van der Waals surface area (Å²) in [6, 6.07) is 6.11. The fraction of sp³-hybridized carbons (Fsp3) is 0.412. The molecule has 1 saturated heterocycles. The Hall–Kier alpha value is -2.08. The summed E-state index contributed by atoms with van der Waals surface area (Å²) < 4.78 is 11.3. The van der Waals surface area contributed by atoms with Crippen LogP contribution in [0.3, 0.4) is 0 Å². The van der Waals surface area contributed by atoms with Gasteiger partial charge >= 0.3 is 0 Å². The number of amides is 1. The van der Waals surface area contributed by atoms with E-state index in [2.05, 4.69) is 4.98 Å². The molecular weight excluding hydrogens is 312 g/mol. The van der Waals surface area contributed by atoms with Gasteiger partial charge in [-0.1, -0.05) is 6.07 Å². The molecule has 2 aromatic rings. The largest absolute Gasteiger partial charge is 0.486 e. The van der Waals surface area contributed by atoms with E-state index in [1.54, 1.807) is 5.51 Å². The van der Waals surface area contributed by atoms with Gasteiger partial charge < -0.3 is 14.4 Å². The number of rotatable bonds is 2. The Morgan fingerprint density at radius 2 is 2.13 bits per heavy atom. The first-order valence-corrected chi connectivity index (χ1v) is 8.72. The van der Waals surface area contributed by atoms with E-state index in [1.165, 1.54) is 11.3 Å². The SMILES string of the molecule is Cc1ncsc1C(=O)N1CCC[C@H]1c1ccc2c(c1)OCCO2. The number of likely N-dealkylation sites (tertiary alicyclic amines) is 1. The Bertz CT molecular complexity index is 743. The summed E-state index contributed by atoms with van der Waals surface area (Å²) >= 11 is 1.42. The molecule has 0 radical (unpaired) electrons. The molecule has 23 heavy (non-hydrogen) atoms. The highest BCUT2D eigenvalue weighted by atomic mass is 32.1. The normalized spacial score (nSPS) is 19.9. The highest BCUT2D eigenvalue weighted by Crippen LogP contribution is 2.39. The number of hydrogen-bond donors (Lipinski definition) is 0. The van der Waals surface area contributed by atoms with Crippen LogP contribution in [0.15, 0.2) is 23.7 Å². The third kappa shape index (κ3) is 2.57. The summed E-state index contributed by atoms with van der Waals surface area (Å²) in [6.45, 7) is 3.84. The van der Waals surface area contributed by atoms with Crippen LogP contribution in [0.2, 0.25) is 0 Å². The lowest BCUT2D eigenvalue weighted by Gasteiger charge is -2.26. The number of aryl methyl sites for hydroxylation is 1. The molecule has 0 spiro atoms. The molecule has 0 unspecified atom stereocenters. The number of aromatic nitrogens is 1. The van der Waals surface area contributed by atoms with E-state index in [1.807, 2.05) is 30.0 Å². The van der Waals surface area contributed by atoms with Crippen LogP contribution in [0.1, 0.15) is 39.8 Å². The molecular formula is C17H18N2O3S. The summed E-state index contributed by atoms with van der Waals surface area (Å²) in [5, 5.41) is 0. The molecule has 1 aromatic carbocycles. The van der Waals surface area contributed by atoms with Crippen molar-refractivity contribution >= 4 is 17.2 Å². The predicted molar refractivity (Wildman–Crippen MR) is 87.3 cm³/mol. The number of benzene rings is 1. The van der Waals surface area contributed by atoms with Crippen molar-refractivity contribution in [1.82, 2.24) is 9.88 Å². The van der Waals surface area contributed by atoms with Crippen molar-refractivity contribution < 1.29 is 14.3 Å². The molecule has 3 heterocycles. The van der Waals surface area contributed by atoms with E-state index in [0.29, 0.717) is 13.2 Å². The van der Waals surface area contributed by atoms with Crippen LogP contribution in [0.4, 0.5) is 0 Å². The van der Waals surface area contributed by atoms with Crippen LogP contribution < -0.4 is 9.47 Å². The van der Waals surface area contributed by atoms with Gasteiger partial charge in [0.05, 0.1) is 17.2 Å². The zero-order valence-electron chi connectivity index (χ0n) is 12.9. The van der Waals surface area contributed by atoms with E-state index in [4.69, 9.17) is 9.47 Å². The number of thiazole rings is 1. The van der Waals surface area contributed by atoms with E-state index >= 15 is 0 Å². The first-order valence-electron chi connectivity index (χ1n) is 7.84. The molecule has 1 atom stereocenters. The molecule has 4 rings (SSSR count). The second kappa shape index (κ2) is 5.85. The first-order chi connectivity index (χ1) is 11.2. The minimum Gasteiger partial charge on any atom is -0.486 e. The van der Waals surface area contributed by atoms with Gasteiger partial charge in [0.25, 0.3) is 5.91 Å². The van der Waals surface area contributed by atoms with Crippen LogP contribution >= 0.6 is 11.3 Å². The van der Waals surface area contributed by atoms with E-state index in [0.717, 1.165) is 47.0 Å². The van der Waals surface area contributed by atoms with Gasteiger partial charge in [0.1, 0.15) is 18.1 Å². The summed E-state index contributed by atoms with van der Waals surface area (Å²) in [7, 11) is 0. The van der Waals surface area contributed by atoms with Crippen LogP contribution in [0.25, 0.3) is 0 Å². The van der Waals surface area contributed by atoms with Crippen molar-refractivity contribution in [2.45, 2.75) is 25.8 Å². The van der Waals surface area contributed by atoms with Gasteiger partial charge in [-0.25, -0.2) is 4.98 Å². The van der Waals surface area contributed by atoms with Crippen molar-refractivity contribution in [2.75, 3.05) is 19.8 Å². The fourth-order valence-electron chi connectivity index (χ4n) is 3.26. The van der Waals surface area contributed by atoms with Crippen molar-refractivity contribution in [3.63, 3.8) is 0 Å². The summed E-state index contributed by atoms with van der Waals surface area (Å²) in [6.07, 6.45) is 1.99. The molecule has 0 saturated carbocycles. The van der Waals surface area contributed by atoms with E-state index < -0.39 is 0 Å². The minimum absolute atomic E-state index is 0.0855. The zero-order valence-corrected chi connectivity index (χ0v) is 13.8. The molecule has 1 aromatic heterocycles. The summed E-state index contributed by atoms with van der Waals surface area (Å²) in [4.78, 5) is 19.7. The van der Waals surface area contributed by atoms with Crippen LogP contribution in [-0.4, -0.2) is 35.5 Å². The lowest BCUT2D eigenvalue weighted by Crippen LogP contribution is -2.30. The van der Waals surface area contributed by atoms with E-state index in [-0.39, 0.29) is 11.9 Å². The summed E-state index contributed by atoms with van der Waals surface area (Å²) in [5.74, 6) is 1.65. The highest BCUT2D eigenvalue weighted by molar-refractivity contribution is 7.11.